The molecule has 1 atom stereocenters. The molecule has 9 nitrogen and oxygen atoms in total. The molecule has 0 radical (unpaired) electrons. The van der Waals surface area contributed by atoms with Crippen molar-refractivity contribution in [2.24, 2.45) is 0 Å². The summed E-state index contributed by atoms with van der Waals surface area (Å²) >= 11 is -2.32. The molecule has 2 aromatic carbocycles. The number of carbonyl (C=O) groups is 1. The van der Waals surface area contributed by atoms with Crippen molar-refractivity contribution in [1.29, 1.82) is 0 Å². The number of aromatic nitrogens is 3. The van der Waals surface area contributed by atoms with E-state index in [1.165, 1.54) is 0 Å². The Balaban J connectivity index is 1.45. The highest BCUT2D eigenvalue weighted by Crippen LogP contribution is 2.38. The van der Waals surface area contributed by atoms with Crippen LogP contribution in [0, 0.1) is 0 Å². The summed E-state index contributed by atoms with van der Waals surface area (Å²) in [7, 11) is 0. The predicted octanol–water partition coefficient (Wildman–Crippen LogP) is 4.03. The van der Waals surface area contributed by atoms with Crippen LogP contribution in [0.25, 0.3) is 16.8 Å². The maximum absolute atomic E-state index is 12.2. The SMILES string of the molecule is CC1(C)CCC(=O)Nc2cc(Nc3ncc4ccc(-c5cccc(CNS(=O)[O-])c5)n4n3)ccc21. The molecule has 5 rings (SSSR count). The summed E-state index contributed by atoms with van der Waals surface area (Å²) in [5, 5.41) is 10.9. The molecule has 180 valence electrons. The standard InChI is InChI=1S/C25H26N6O3S/c1-25(2)11-10-23(32)29-21-13-18(6-8-20(21)25)28-24-26-15-19-7-9-22(31(19)30-24)17-5-3-4-16(12-17)14-27-35(33)34/h3-9,12-13,15,27H,10-11,14H2,1-2H3,(H,28,30)(H,29,32)(H,33,34)/p-1. The monoisotopic (exact) mass is 489 g/mol. The summed E-state index contributed by atoms with van der Waals surface area (Å²) in [6, 6.07) is 17.4. The molecule has 1 amide bonds. The first-order valence-electron chi connectivity index (χ1n) is 11.3. The van der Waals surface area contributed by atoms with E-state index in [9.17, 15) is 13.6 Å². The summed E-state index contributed by atoms with van der Waals surface area (Å²) < 4.78 is 25.8. The number of hydrogen-bond donors (Lipinski definition) is 3. The zero-order valence-corrected chi connectivity index (χ0v) is 20.2. The molecule has 4 aromatic rings. The number of amides is 1. The summed E-state index contributed by atoms with van der Waals surface area (Å²) in [6.45, 7) is 4.50. The van der Waals surface area contributed by atoms with Crippen LogP contribution in [-0.2, 0) is 28.0 Å². The van der Waals surface area contributed by atoms with Gasteiger partial charge in [-0.05, 0) is 53.3 Å². The highest BCUT2D eigenvalue weighted by Gasteiger charge is 2.28. The Hall–Kier alpha value is -3.60. The second kappa shape index (κ2) is 9.21. The van der Waals surface area contributed by atoms with E-state index in [1.807, 2.05) is 54.6 Å². The van der Waals surface area contributed by atoms with Gasteiger partial charge in [-0.3, -0.25) is 9.00 Å². The molecule has 2 aromatic heterocycles. The average Bonchev–Trinajstić information content (AvgIpc) is 3.20. The van der Waals surface area contributed by atoms with Crippen LogP contribution in [0.2, 0.25) is 0 Å². The number of benzene rings is 2. The van der Waals surface area contributed by atoms with Crippen molar-refractivity contribution < 1.29 is 13.6 Å². The van der Waals surface area contributed by atoms with Crippen LogP contribution >= 0.6 is 0 Å². The Kier molecular flexibility index (Phi) is 6.10. The van der Waals surface area contributed by atoms with Gasteiger partial charge in [0.15, 0.2) is 0 Å². The van der Waals surface area contributed by atoms with E-state index in [1.54, 1.807) is 10.7 Å². The molecule has 1 aliphatic heterocycles. The van der Waals surface area contributed by atoms with Crippen molar-refractivity contribution in [1.82, 2.24) is 19.3 Å². The Morgan fingerprint density at radius 1 is 1.17 bits per heavy atom. The maximum Gasteiger partial charge on any atom is 0.245 e. The van der Waals surface area contributed by atoms with Gasteiger partial charge >= 0.3 is 0 Å². The maximum atomic E-state index is 12.2. The minimum Gasteiger partial charge on any atom is -0.760 e. The first kappa shape index (κ1) is 23.2. The summed E-state index contributed by atoms with van der Waals surface area (Å²) in [6.07, 6.45) is 3.02. The quantitative estimate of drug-likeness (QED) is 0.351. The lowest BCUT2D eigenvalue weighted by Gasteiger charge is -2.24. The number of fused-ring (bicyclic) bond motifs is 2. The number of rotatable bonds is 6. The number of anilines is 3. The molecule has 1 aliphatic rings. The molecule has 1 unspecified atom stereocenters. The third-order valence-electron chi connectivity index (χ3n) is 6.27. The topological polar surface area (TPSA) is 123 Å². The van der Waals surface area contributed by atoms with Crippen LogP contribution in [0.5, 0.6) is 0 Å². The molecule has 0 saturated heterocycles. The van der Waals surface area contributed by atoms with Gasteiger partial charge in [0.2, 0.25) is 11.9 Å². The van der Waals surface area contributed by atoms with Crippen molar-refractivity contribution in [2.45, 2.75) is 38.6 Å². The van der Waals surface area contributed by atoms with Gasteiger partial charge in [0.05, 0.1) is 17.4 Å². The Morgan fingerprint density at radius 3 is 2.86 bits per heavy atom. The molecule has 35 heavy (non-hydrogen) atoms. The molecule has 3 heterocycles. The normalized spacial score (nSPS) is 15.8. The Bertz CT molecular complexity index is 1450. The molecule has 0 fully saturated rings. The van der Waals surface area contributed by atoms with Gasteiger partial charge in [0.25, 0.3) is 0 Å². The minimum absolute atomic E-state index is 0.0163. The minimum atomic E-state index is -2.32. The summed E-state index contributed by atoms with van der Waals surface area (Å²) in [5.41, 5.74) is 5.99. The van der Waals surface area contributed by atoms with Gasteiger partial charge in [-0.25, -0.2) is 14.2 Å². The van der Waals surface area contributed by atoms with E-state index in [2.05, 4.69) is 39.3 Å². The van der Waals surface area contributed by atoms with E-state index in [0.717, 1.165) is 45.7 Å². The van der Waals surface area contributed by atoms with E-state index >= 15 is 0 Å². The molecule has 10 heteroatoms. The van der Waals surface area contributed by atoms with Crippen molar-refractivity contribution >= 4 is 40.0 Å². The highest BCUT2D eigenvalue weighted by molar-refractivity contribution is 7.77. The van der Waals surface area contributed by atoms with Crippen LogP contribution in [-0.4, -0.2) is 29.3 Å². The van der Waals surface area contributed by atoms with Gasteiger partial charge < -0.3 is 15.2 Å². The van der Waals surface area contributed by atoms with Crippen molar-refractivity contribution in [2.75, 3.05) is 10.6 Å². The zero-order valence-electron chi connectivity index (χ0n) is 19.4. The molecular weight excluding hydrogens is 464 g/mol. The highest BCUT2D eigenvalue weighted by atomic mass is 32.2. The second-order valence-corrected chi connectivity index (χ2v) is 9.97. The van der Waals surface area contributed by atoms with Crippen LogP contribution in [0.4, 0.5) is 17.3 Å². The van der Waals surface area contributed by atoms with Crippen LogP contribution in [0.3, 0.4) is 0 Å². The molecule has 0 aliphatic carbocycles. The second-order valence-electron chi connectivity index (χ2n) is 9.21. The number of hydrogen-bond acceptors (Lipinski definition) is 6. The summed E-state index contributed by atoms with van der Waals surface area (Å²) in [5.74, 6) is 0.427. The molecule has 0 spiro atoms. The average molecular weight is 490 g/mol. The summed E-state index contributed by atoms with van der Waals surface area (Å²) in [4.78, 5) is 16.6. The first-order chi connectivity index (χ1) is 16.8. The van der Waals surface area contributed by atoms with Gasteiger partial charge in [-0.1, -0.05) is 38.1 Å². The fourth-order valence-corrected chi connectivity index (χ4v) is 4.66. The lowest BCUT2D eigenvalue weighted by atomic mass is 9.80. The van der Waals surface area contributed by atoms with Crippen LogP contribution in [0.15, 0.2) is 60.8 Å². The van der Waals surface area contributed by atoms with Crippen LogP contribution < -0.4 is 15.4 Å². The van der Waals surface area contributed by atoms with E-state index in [-0.39, 0.29) is 17.9 Å². The fraction of sp³-hybridized carbons (Fsp3) is 0.240. The fourth-order valence-electron chi connectivity index (χ4n) is 4.38. The number of nitrogens with one attached hydrogen (secondary N) is 3. The Morgan fingerprint density at radius 2 is 2.03 bits per heavy atom. The third kappa shape index (κ3) is 4.95. The zero-order chi connectivity index (χ0) is 24.6. The van der Waals surface area contributed by atoms with Crippen molar-refractivity contribution in [3.05, 3.63) is 71.9 Å². The molecular formula is C25H25N6O3S-. The third-order valence-corrected chi connectivity index (χ3v) is 6.65. The lowest BCUT2D eigenvalue weighted by molar-refractivity contribution is -0.116. The van der Waals surface area contributed by atoms with Crippen LogP contribution in [0.1, 0.15) is 37.8 Å². The van der Waals surface area contributed by atoms with Gasteiger partial charge in [0, 0.05) is 41.2 Å². The van der Waals surface area contributed by atoms with Gasteiger partial charge in [-0.15, -0.1) is 5.10 Å². The van der Waals surface area contributed by atoms with Crippen molar-refractivity contribution in [3.8, 4) is 11.3 Å². The number of nitrogens with zero attached hydrogens (tertiary/aromatic N) is 3. The molecule has 0 bridgehead atoms. The molecule has 3 N–H and O–H groups in total. The predicted molar refractivity (Wildman–Crippen MR) is 135 cm³/mol. The van der Waals surface area contributed by atoms with Gasteiger partial charge in [0.1, 0.15) is 0 Å². The van der Waals surface area contributed by atoms with E-state index in [4.69, 9.17) is 0 Å². The largest absolute Gasteiger partial charge is 0.760 e. The molecule has 0 saturated carbocycles. The van der Waals surface area contributed by atoms with E-state index < -0.39 is 11.3 Å². The number of carbonyl (C=O) groups excluding carboxylic acids is 1. The first-order valence-corrected chi connectivity index (χ1v) is 12.3. The lowest BCUT2D eigenvalue weighted by Crippen LogP contribution is -2.16. The van der Waals surface area contributed by atoms with E-state index in [0.29, 0.717) is 12.4 Å². The van der Waals surface area contributed by atoms with Crippen molar-refractivity contribution in [3.63, 3.8) is 0 Å². The Labute approximate surface area is 205 Å². The van der Waals surface area contributed by atoms with Gasteiger partial charge in [-0.2, -0.15) is 0 Å². The smallest absolute Gasteiger partial charge is 0.245 e.